The van der Waals surface area contributed by atoms with E-state index in [0.29, 0.717) is 41.3 Å². The first-order valence-corrected chi connectivity index (χ1v) is 11.5. The summed E-state index contributed by atoms with van der Waals surface area (Å²) in [5.41, 5.74) is 0.327. The third kappa shape index (κ3) is 4.56. The van der Waals surface area contributed by atoms with Crippen LogP contribution < -0.4 is 9.64 Å². The fourth-order valence-corrected chi connectivity index (χ4v) is 4.38. The number of halogens is 4. The third-order valence-electron chi connectivity index (χ3n) is 6.07. The first kappa shape index (κ1) is 23.9. The maximum atomic E-state index is 13.9. The fourth-order valence-electron chi connectivity index (χ4n) is 4.25. The molecule has 1 amide bonds. The van der Waals surface area contributed by atoms with Gasteiger partial charge >= 0.3 is 6.18 Å². The maximum Gasteiger partial charge on any atom is 0.433 e. The molecule has 2 aromatic heterocycles. The second kappa shape index (κ2) is 9.34. The van der Waals surface area contributed by atoms with Gasteiger partial charge in [-0.25, -0.2) is 9.50 Å². The molecule has 3 heterocycles. The van der Waals surface area contributed by atoms with Crippen molar-refractivity contribution >= 4 is 28.8 Å². The van der Waals surface area contributed by atoms with Crippen LogP contribution in [0.15, 0.2) is 60.7 Å². The summed E-state index contributed by atoms with van der Waals surface area (Å²) in [7, 11) is 1.60. The zero-order valence-corrected chi connectivity index (χ0v) is 19.9. The summed E-state index contributed by atoms with van der Waals surface area (Å²) in [6, 6.07) is 16.2. The standard InChI is InChI=1S/C25H21ClF3N5O2/c1-36-21-5-3-2-4-20(21)32-10-12-33(13-11-32)24(35)19-15-23-30-18(16-6-8-17(26)9-7-16)14-22(25(27,28)29)34(23)31-19/h2-9,14-15H,10-13H2,1H3. The SMILES string of the molecule is COc1ccccc1N1CCN(C(=O)c2cc3nc(-c4ccc(Cl)cc4)cc(C(F)(F)F)n3n2)CC1. The van der Waals surface area contributed by atoms with Crippen molar-refractivity contribution in [1.82, 2.24) is 19.5 Å². The molecule has 0 bridgehead atoms. The Labute approximate surface area is 209 Å². The molecule has 0 unspecified atom stereocenters. The number of carbonyl (C=O) groups is 1. The van der Waals surface area contributed by atoms with Gasteiger partial charge in [0.2, 0.25) is 0 Å². The minimum Gasteiger partial charge on any atom is -0.495 e. The molecule has 7 nitrogen and oxygen atoms in total. The molecule has 0 saturated carbocycles. The van der Waals surface area contributed by atoms with Crippen molar-refractivity contribution in [3.05, 3.63) is 77.1 Å². The molecular weight excluding hydrogens is 495 g/mol. The Kier molecular flexibility index (Phi) is 6.21. The van der Waals surface area contributed by atoms with Gasteiger partial charge in [-0.3, -0.25) is 4.79 Å². The Morgan fingerprint density at radius 2 is 1.69 bits per heavy atom. The van der Waals surface area contributed by atoms with E-state index < -0.39 is 17.8 Å². The van der Waals surface area contributed by atoms with E-state index in [1.807, 2.05) is 24.3 Å². The number of piperazine rings is 1. The molecule has 5 rings (SSSR count). The summed E-state index contributed by atoms with van der Waals surface area (Å²) in [6.45, 7) is 1.87. The van der Waals surface area contributed by atoms with Crippen LogP contribution in [0, 0.1) is 0 Å². The Morgan fingerprint density at radius 3 is 2.36 bits per heavy atom. The van der Waals surface area contributed by atoms with Crippen molar-refractivity contribution in [1.29, 1.82) is 0 Å². The molecule has 0 radical (unpaired) electrons. The lowest BCUT2D eigenvalue weighted by Crippen LogP contribution is -2.49. The topological polar surface area (TPSA) is 63.0 Å². The number of carbonyl (C=O) groups excluding carboxylic acids is 1. The first-order chi connectivity index (χ1) is 17.2. The van der Waals surface area contributed by atoms with Crippen molar-refractivity contribution in [2.75, 3.05) is 38.2 Å². The van der Waals surface area contributed by atoms with Gasteiger partial charge in [0.1, 0.15) is 5.75 Å². The minimum atomic E-state index is -4.70. The predicted molar refractivity (Wildman–Crippen MR) is 130 cm³/mol. The van der Waals surface area contributed by atoms with Crippen LogP contribution in [0.5, 0.6) is 5.75 Å². The molecule has 0 aliphatic carbocycles. The Bertz CT molecular complexity index is 1410. The van der Waals surface area contributed by atoms with Crippen molar-refractivity contribution in [3.63, 3.8) is 0 Å². The van der Waals surface area contributed by atoms with E-state index in [9.17, 15) is 18.0 Å². The van der Waals surface area contributed by atoms with Crippen LogP contribution in [-0.2, 0) is 6.18 Å². The summed E-state index contributed by atoms with van der Waals surface area (Å²) < 4.78 is 47.8. The third-order valence-corrected chi connectivity index (χ3v) is 6.32. The highest BCUT2D eigenvalue weighted by Gasteiger charge is 2.36. The molecule has 2 aromatic carbocycles. The monoisotopic (exact) mass is 515 g/mol. The summed E-state index contributed by atoms with van der Waals surface area (Å²) in [5, 5.41) is 4.45. The highest BCUT2D eigenvalue weighted by molar-refractivity contribution is 6.30. The number of fused-ring (bicyclic) bond motifs is 1. The Morgan fingerprint density at radius 1 is 1.00 bits per heavy atom. The molecule has 0 atom stereocenters. The molecule has 0 spiro atoms. The van der Waals surface area contributed by atoms with Gasteiger partial charge in [-0.2, -0.15) is 18.3 Å². The van der Waals surface area contributed by atoms with Gasteiger partial charge in [0.05, 0.1) is 18.5 Å². The highest BCUT2D eigenvalue weighted by atomic mass is 35.5. The van der Waals surface area contributed by atoms with Crippen molar-refractivity contribution in [2.24, 2.45) is 0 Å². The molecule has 1 saturated heterocycles. The molecule has 36 heavy (non-hydrogen) atoms. The van der Waals surface area contributed by atoms with E-state index >= 15 is 0 Å². The Balaban J connectivity index is 1.42. The zero-order valence-electron chi connectivity index (χ0n) is 19.2. The number of anilines is 1. The minimum absolute atomic E-state index is 0.0641. The molecule has 1 aliphatic rings. The van der Waals surface area contributed by atoms with E-state index in [2.05, 4.69) is 15.0 Å². The largest absolute Gasteiger partial charge is 0.495 e. The summed E-state index contributed by atoms with van der Waals surface area (Å²) >= 11 is 5.90. The van der Waals surface area contributed by atoms with Crippen LogP contribution in [0.25, 0.3) is 16.9 Å². The van der Waals surface area contributed by atoms with E-state index in [1.54, 1.807) is 36.3 Å². The molecule has 0 N–H and O–H groups in total. The fraction of sp³-hybridized carbons (Fsp3) is 0.240. The number of hydrogen-bond acceptors (Lipinski definition) is 5. The number of alkyl halides is 3. The number of amides is 1. The van der Waals surface area contributed by atoms with E-state index in [-0.39, 0.29) is 17.0 Å². The van der Waals surface area contributed by atoms with Gasteiger partial charge in [0, 0.05) is 42.8 Å². The summed E-state index contributed by atoms with van der Waals surface area (Å²) in [6.07, 6.45) is -4.70. The molecule has 1 fully saturated rings. The number of para-hydroxylation sites is 2. The summed E-state index contributed by atoms with van der Waals surface area (Å²) in [5.74, 6) is 0.293. The average molecular weight is 516 g/mol. The van der Waals surface area contributed by atoms with Crippen LogP contribution >= 0.6 is 11.6 Å². The van der Waals surface area contributed by atoms with Crippen LogP contribution in [0.4, 0.5) is 18.9 Å². The van der Waals surface area contributed by atoms with Gasteiger partial charge < -0.3 is 14.5 Å². The van der Waals surface area contributed by atoms with Gasteiger partial charge in [0.15, 0.2) is 17.0 Å². The normalized spacial score (nSPS) is 14.4. The number of methoxy groups -OCH3 is 1. The van der Waals surface area contributed by atoms with Crippen molar-refractivity contribution in [2.45, 2.75) is 6.18 Å². The maximum absolute atomic E-state index is 13.9. The van der Waals surface area contributed by atoms with Crippen molar-refractivity contribution in [3.8, 4) is 17.0 Å². The molecule has 11 heteroatoms. The summed E-state index contributed by atoms with van der Waals surface area (Å²) in [4.78, 5) is 21.2. The smallest absolute Gasteiger partial charge is 0.433 e. The lowest BCUT2D eigenvalue weighted by Gasteiger charge is -2.36. The van der Waals surface area contributed by atoms with Crippen molar-refractivity contribution < 1.29 is 22.7 Å². The van der Waals surface area contributed by atoms with Crippen LogP contribution in [-0.4, -0.2) is 58.7 Å². The van der Waals surface area contributed by atoms with Gasteiger partial charge in [-0.15, -0.1) is 0 Å². The highest BCUT2D eigenvalue weighted by Crippen LogP contribution is 2.33. The lowest BCUT2D eigenvalue weighted by atomic mass is 10.1. The average Bonchev–Trinajstić information content (AvgIpc) is 3.32. The molecule has 4 aromatic rings. The second-order valence-electron chi connectivity index (χ2n) is 8.28. The van der Waals surface area contributed by atoms with Gasteiger partial charge in [0.25, 0.3) is 5.91 Å². The lowest BCUT2D eigenvalue weighted by molar-refractivity contribution is -0.142. The number of benzene rings is 2. The van der Waals surface area contributed by atoms with Gasteiger partial charge in [-0.05, 0) is 30.3 Å². The number of ether oxygens (including phenoxy) is 1. The second-order valence-corrected chi connectivity index (χ2v) is 8.72. The zero-order chi connectivity index (χ0) is 25.4. The molecular formula is C25H21ClF3N5O2. The Hall–Kier alpha value is -3.79. The number of hydrogen-bond donors (Lipinski definition) is 0. The number of aromatic nitrogens is 3. The van der Waals surface area contributed by atoms with E-state index in [1.165, 1.54) is 6.07 Å². The quantitative estimate of drug-likeness (QED) is 0.381. The molecule has 1 aliphatic heterocycles. The van der Waals surface area contributed by atoms with E-state index in [4.69, 9.17) is 16.3 Å². The van der Waals surface area contributed by atoms with Crippen LogP contribution in [0.3, 0.4) is 0 Å². The van der Waals surface area contributed by atoms with Crippen LogP contribution in [0.2, 0.25) is 5.02 Å². The number of nitrogens with zero attached hydrogens (tertiary/aromatic N) is 5. The first-order valence-electron chi connectivity index (χ1n) is 11.2. The van der Waals surface area contributed by atoms with Gasteiger partial charge in [-0.1, -0.05) is 35.9 Å². The van der Waals surface area contributed by atoms with Crippen LogP contribution in [0.1, 0.15) is 16.2 Å². The predicted octanol–water partition coefficient (Wildman–Crippen LogP) is 5.04. The number of rotatable bonds is 4. The molecule has 186 valence electrons. The van der Waals surface area contributed by atoms with E-state index in [0.717, 1.165) is 17.5 Å².